The SMILES string of the molecule is COc1ccc(CCn2c(C)cc(C(=O)COC(=O)c3ccc(C=O)cc3)c2C)cc1. The molecule has 0 spiro atoms. The van der Waals surface area contributed by atoms with Gasteiger partial charge in [-0.15, -0.1) is 0 Å². The van der Waals surface area contributed by atoms with Crippen molar-refractivity contribution in [3.63, 3.8) is 0 Å². The van der Waals surface area contributed by atoms with E-state index in [1.54, 1.807) is 7.11 Å². The lowest BCUT2D eigenvalue weighted by molar-refractivity contribution is 0.0474. The number of aldehydes is 1. The fourth-order valence-electron chi connectivity index (χ4n) is 3.45. The van der Waals surface area contributed by atoms with E-state index in [0.29, 0.717) is 23.0 Å². The van der Waals surface area contributed by atoms with Gasteiger partial charge in [0.1, 0.15) is 12.0 Å². The van der Waals surface area contributed by atoms with Crippen LogP contribution in [-0.2, 0) is 17.7 Å². The lowest BCUT2D eigenvalue weighted by atomic mass is 10.1. The van der Waals surface area contributed by atoms with Gasteiger partial charge in [0, 0.05) is 29.1 Å². The minimum atomic E-state index is -0.598. The lowest BCUT2D eigenvalue weighted by Gasteiger charge is -2.10. The first-order chi connectivity index (χ1) is 14.9. The van der Waals surface area contributed by atoms with E-state index in [1.807, 2.05) is 44.2 Å². The van der Waals surface area contributed by atoms with E-state index in [1.165, 1.54) is 29.8 Å². The lowest BCUT2D eigenvalue weighted by Crippen LogP contribution is -2.15. The highest BCUT2D eigenvalue weighted by atomic mass is 16.5. The molecule has 1 heterocycles. The van der Waals surface area contributed by atoms with E-state index in [2.05, 4.69) is 4.57 Å². The van der Waals surface area contributed by atoms with E-state index >= 15 is 0 Å². The zero-order valence-corrected chi connectivity index (χ0v) is 17.9. The first-order valence-corrected chi connectivity index (χ1v) is 9.98. The topological polar surface area (TPSA) is 74.6 Å². The Kier molecular flexibility index (Phi) is 7.03. The van der Waals surface area contributed by atoms with Crippen LogP contribution in [0.25, 0.3) is 0 Å². The summed E-state index contributed by atoms with van der Waals surface area (Å²) in [6.45, 7) is 4.25. The molecule has 3 rings (SSSR count). The Labute approximate surface area is 181 Å². The van der Waals surface area contributed by atoms with Crippen LogP contribution in [-0.4, -0.2) is 36.3 Å². The summed E-state index contributed by atoms with van der Waals surface area (Å²) < 4.78 is 12.5. The molecule has 0 amide bonds. The Morgan fingerprint density at radius 3 is 2.29 bits per heavy atom. The molecule has 0 atom stereocenters. The number of hydrogen-bond donors (Lipinski definition) is 0. The molecule has 0 N–H and O–H groups in total. The molecule has 31 heavy (non-hydrogen) atoms. The normalized spacial score (nSPS) is 10.5. The number of ketones is 1. The van der Waals surface area contributed by atoms with Crippen LogP contribution < -0.4 is 4.74 Å². The van der Waals surface area contributed by atoms with Crippen molar-refractivity contribution in [1.29, 1.82) is 0 Å². The van der Waals surface area contributed by atoms with Crippen LogP contribution in [0.3, 0.4) is 0 Å². The van der Waals surface area contributed by atoms with E-state index in [4.69, 9.17) is 9.47 Å². The highest BCUT2D eigenvalue weighted by Gasteiger charge is 2.18. The second kappa shape index (κ2) is 9.89. The van der Waals surface area contributed by atoms with Crippen molar-refractivity contribution < 1.29 is 23.9 Å². The monoisotopic (exact) mass is 419 g/mol. The van der Waals surface area contributed by atoms with Gasteiger partial charge in [-0.1, -0.05) is 24.3 Å². The fourth-order valence-corrected chi connectivity index (χ4v) is 3.45. The van der Waals surface area contributed by atoms with Crippen molar-refractivity contribution >= 4 is 18.0 Å². The summed E-state index contributed by atoms with van der Waals surface area (Å²) in [6.07, 6.45) is 1.52. The van der Waals surface area contributed by atoms with Crippen LogP contribution in [0.4, 0.5) is 0 Å². The predicted molar refractivity (Wildman–Crippen MR) is 117 cm³/mol. The van der Waals surface area contributed by atoms with Crippen molar-refractivity contribution in [2.75, 3.05) is 13.7 Å². The van der Waals surface area contributed by atoms with Crippen molar-refractivity contribution in [3.05, 3.63) is 88.2 Å². The molecule has 0 bridgehead atoms. The van der Waals surface area contributed by atoms with Gasteiger partial charge in [0.2, 0.25) is 5.78 Å². The highest BCUT2D eigenvalue weighted by Crippen LogP contribution is 2.18. The molecule has 160 valence electrons. The second-order valence-electron chi connectivity index (χ2n) is 7.27. The molecule has 0 unspecified atom stereocenters. The van der Waals surface area contributed by atoms with Gasteiger partial charge in [0.15, 0.2) is 6.61 Å². The molecule has 1 aromatic heterocycles. The third-order valence-electron chi connectivity index (χ3n) is 5.27. The van der Waals surface area contributed by atoms with Crippen LogP contribution in [0.2, 0.25) is 0 Å². The van der Waals surface area contributed by atoms with Gasteiger partial charge in [-0.25, -0.2) is 4.79 Å². The van der Waals surface area contributed by atoms with Gasteiger partial charge in [0.25, 0.3) is 0 Å². The van der Waals surface area contributed by atoms with Gasteiger partial charge in [-0.05, 0) is 56.2 Å². The predicted octanol–water partition coefficient (Wildman–Crippen LogP) is 4.21. The molecule has 0 aliphatic carbocycles. The molecule has 3 aromatic rings. The number of aromatic nitrogens is 1. The molecular weight excluding hydrogens is 394 g/mol. The first kappa shape index (κ1) is 22.0. The maximum absolute atomic E-state index is 12.7. The number of esters is 1. The van der Waals surface area contributed by atoms with Crippen LogP contribution in [0.5, 0.6) is 5.75 Å². The van der Waals surface area contributed by atoms with E-state index in [-0.39, 0.29) is 12.4 Å². The van der Waals surface area contributed by atoms with Crippen molar-refractivity contribution in [2.45, 2.75) is 26.8 Å². The van der Waals surface area contributed by atoms with Crippen molar-refractivity contribution in [2.24, 2.45) is 0 Å². The van der Waals surface area contributed by atoms with Crippen LogP contribution >= 0.6 is 0 Å². The largest absolute Gasteiger partial charge is 0.497 e. The summed E-state index contributed by atoms with van der Waals surface area (Å²) in [5.41, 5.74) is 4.32. The summed E-state index contributed by atoms with van der Waals surface area (Å²) in [5.74, 6) is -0.0278. The number of nitrogens with zero attached hydrogens (tertiary/aromatic N) is 1. The van der Waals surface area contributed by atoms with Gasteiger partial charge >= 0.3 is 5.97 Å². The van der Waals surface area contributed by atoms with Crippen molar-refractivity contribution in [3.8, 4) is 5.75 Å². The number of aryl methyl sites for hydroxylation is 2. The maximum atomic E-state index is 12.7. The average Bonchev–Trinajstić information content (AvgIpc) is 3.09. The van der Waals surface area contributed by atoms with Gasteiger partial charge in [0.05, 0.1) is 12.7 Å². The third kappa shape index (κ3) is 5.28. The molecule has 0 aliphatic rings. The molecule has 0 fully saturated rings. The summed E-state index contributed by atoms with van der Waals surface area (Å²) in [4.78, 5) is 35.5. The Bertz CT molecular complexity index is 1080. The molecule has 2 aromatic carbocycles. The number of hydrogen-bond acceptors (Lipinski definition) is 5. The molecule has 0 aliphatic heterocycles. The minimum absolute atomic E-state index is 0.248. The molecule has 0 saturated carbocycles. The van der Waals surface area contributed by atoms with Crippen LogP contribution in [0, 0.1) is 13.8 Å². The Morgan fingerprint density at radius 1 is 1.00 bits per heavy atom. The van der Waals surface area contributed by atoms with E-state index in [0.717, 1.165) is 30.1 Å². The number of rotatable bonds is 9. The molecule has 0 radical (unpaired) electrons. The number of ether oxygens (including phenoxy) is 2. The summed E-state index contributed by atoms with van der Waals surface area (Å²) >= 11 is 0. The Morgan fingerprint density at radius 2 is 1.68 bits per heavy atom. The first-order valence-electron chi connectivity index (χ1n) is 9.98. The Hall–Kier alpha value is -3.67. The summed E-state index contributed by atoms with van der Waals surface area (Å²) in [5, 5.41) is 0. The van der Waals surface area contributed by atoms with Crippen LogP contribution in [0.1, 0.15) is 48.0 Å². The number of carbonyl (C=O) groups excluding carboxylic acids is 3. The van der Waals surface area contributed by atoms with Gasteiger partial charge < -0.3 is 14.0 Å². The van der Waals surface area contributed by atoms with E-state index < -0.39 is 5.97 Å². The number of carbonyl (C=O) groups is 3. The Balaban J connectivity index is 1.62. The number of methoxy groups -OCH3 is 1. The zero-order valence-electron chi connectivity index (χ0n) is 17.9. The molecule has 6 nitrogen and oxygen atoms in total. The van der Waals surface area contributed by atoms with Crippen LogP contribution in [0.15, 0.2) is 54.6 Å². The van der Waals surface area contributed by atoms with Gasteiger partial charge in [-0.3, -0.25) is 9.59 Å². The smallest absolute Gasteiger partial charge is 0.338 e. The molecular formula is C25H25NO5. The summed E-state index contributed by atoms with van der Waals surface area (Å²) in [6, 6.07) is 15.8. The quantitative estimate of drug-likeness (QED) is 0.295. The zero-order chi connectivity index (χ0) is 22.4. The number of Topliss-reactive ketones (excluding diaryl/α,β-unsaturated/α-hetero) is 1. The fraction of sp³-hybridized carbons (Fsp3) is 0.240. The van der Waals surface area contributed by atoms with Crippen molar-refractivity contribution in [1.82, 2.24) is 4.57 Å². The third-order valence-corrected chi connectivity index (χ3v) is 5.27. The van der Waals surface area contributed by atoms with Gasteiger partial charge in [-0.2, -0.15) is 0 Å². The minimum Gasteiger partial charge on any atom is -0.497 e. The molecule has 6 heteroatoms. The number of benzene rings is 2. The maximum Gasteiger partial charge on any atom is 0.338 e. The highest BCUT2D eigenvalue weighted by molar-refractivity contribution is 6.00. The summed E-state index contributed by atoms with van der Waals surface area (Å²) in [7, 11) is 1.64. The second-order valence-corrected chi connectivity index (χ2v) is 7.27. The van der Waals surface area contributed by atoms with E-state index in [9.17, 15) is 14.4 Å². The molecule has 0 saturated heterocycles. The standard InChI is InChI=1S/C25H25NO5/c1-17-14-23(18(2)26(17)13-12-19-6-10-22(30-3)11-7-19)24(28)16-31-25(29)21-8-4-20(15-27)5-9-21/h4-11,14-15H,12-13,16H2,1-3H3. The average molecular weight is 419 g/mol.